The van der Waals surface area contributed by atoms with Crippen LogP contribution in [-0.4, -0.2) is 37.7 Å². The molecule has 2 nitrogen and oxygen atoms in total. The van der Waals surface area contributed by atoms with Gasteiger partial charge in [0.25, 0.3) is 0 Å². The summed E-state index contributed by atoms with van der Waals surface area (Å²) in [6.45, 7) is 8.06. The quantitative estimate of drug-likeness (QED) is 0.590. The Morgan fingerprint density at radius 3 is 2.86 bits per heavy atom. The summed E-state index contributed by atoms with van der Waals surface area (Å²) in [5.74, 6) is 0.788. The minimum absolute atomic E-state index is 0.399. The van der Waals surface area contributed by atoms with Gasteiger partial charge in [-0.2, -0.15) is 0 Å². The van der Waals surface area contributed by atoms with Gasteiger partial charge in [0, 0.05) is 13.1 Å². The Hall–Kier alpha value is -0.0800. The summed E-state index contributed by atoms with van der Waals surface area (Å²) < 4.78 is 6.04. The largest absolute Gasteiger partial charge is 0.377 e. The maximum absolute atomic E-state index is 6.04. The third-order valence-corrected chi connectivity index (χ3v) is 3.75. The molecule has 2 heterocycles. The normalized spacial score (nSPS) is 38.8. The molecule has 0 bridgehead atoms. The minimum atomic E-state index is 0.399. The fourth-order valence-electron chi connectivity index (χ4n) is 2.67. The predicted octanol–water partition coefficient (Wildman–Crippen LogP) is 2.14. The van der Waals surface area contributed by atoms with Gasteiger partial charge in [-0.3, -0.25) is 0 Å². The van der Waals surface area contributed by atoms with Crippen molar-refractivity contribution in [2.24, 2.45) is 11.3 Å². The van der Waals surface area contributed by atoms with Crippen molar-refractivity contribution in [3.05, 3.63) is 0 Å². The van der Waals surface area contributed by atoms with E-state index in [0.29, 0.717) is 11.5 Å². The molecule has 0 spiro atoms. The van der Waals surface area contributed by atoms with Gasteiger partial charge >= 0.3 is 0 Å². The van der Waals surface area contributed by atoms with E-state index in [1.54, 1.807) is 0 Å². The van der Waals surface area contributed by atoms with E-state index in [0.717, 1.165) is 12.5 Å². The molecule has 0 aromatic carbocycles. The second-order valence-electron chi connectivity index (χ2n) is 5.86. The minimum Gasteiger partial charge on any atom is -0.377 e. The molecule has 0 aliphatic carbocycles. The molecule has 0 amide bonds. The van der Waals surface area contributed by atoms with E-state index in [2.05, 4.69) is 25.8 Å². The SMILES string of the molecule is CN1CCC2OCC(C)(C)CCC2C1. The molecule has 0 aromatic heterocycles. The van der Waals surface area contributed by atoms with Crippen molar-refractivity contribution < 1.29 is 4.74 Å². The molecule has 14 heavy (non-hydrogen) atoms. The van der Waals surface area contributed by atoms with Crippen molar-refractivity contribution in [1.82, 2.24) is 4.90 Å². The smallest absolute Gasteiger partial charge is 0.0627 e. The lowest BCUT2D eigenvalue weighted by atomic mass is 9.84. The van der Waals surface area contributed by atoms with Crippen LogP contribution < -0.4 is 0 Å². The lowest BCUT2D eigenvalue weighted by Gasteiger charge is -2.35. The number of likely N-dealkylation sites (tertiary alicyclic amines) is 1. The van der Waals surface area contributed by atoms with Crippen LogP contribution in [0.5, 0.6) is 0 Å². The summed E-state index contributed by atoms with van der Waals surface area (Å²) in [6, 6.07) is 0. The van der Waals surface area contributed by atoms with Gasteiger partial charge in [-0.15, -0.1) is 0 Å². The van der Waals surface area contributed by atoms with Crippen LogP contribution in [0.25, 0.3) is 0 Å². The van der Waals surface area contributed by atoms with Gasteiger partial charge in [0.05, 0.1) is 12.7 Å². The molecular formula is C12H23NO. The van der Waals surface area contributed by atoms with E-state index in [1.165, 1.54) is 32.4 Å². The van der Waals surface area contributed by atoms with Crippen LogP contribution >= 0.6 is 0 Å². The van der Waals surface area contributed by atoms with Crippen molar-refractivity contribution in [2.45, 2.75) is 39.2 Å². The molecule has 2 fully saturated rings. The van der Waals surface area contributed by atoms with Crippen molar-refractivity contribution in [3.63, 3.8) is 0 Å². The first-order chi connectivity index (χ1) is 6.57. The van der Waals surface area contributed by atoms with Crippen molar-refractivity contribution in [3.8, 4) is 0 Å². The van der Waals surface area contributed by atoms with E-state index >= 15 is 0 Å². The van der Waals surface area contributed by atoms with Crippen LogP contribution in [0.4, 0.5) is 0 Å². The monoisotopic (exact) mass is 197 g/mol. The third kappa shape index (κ3) is 2.29. The van der Waals surface area contributed by atoms with Gasteiger partial charge in [-0.05, 0) is 37.6 Å². The fraction of sp³-hybridized carbons (Fsp3) is 1.00. The molecule has 2 rings (SSSR count). The van der Waals surface area contributed by atoms with Crippen LogP contribution in [0.1, 0.15) is 33.1 Å². The lowest BCUT2D eigenvalue weighted by molar-refractivity contribution is -0.0353. The molecule has 2 aliphatic rings. The first-order valence-corrected chi connectivity index (χ1v) is 5.87. The molecule has 0 aromatic rings. The maximum Gasteiger partial charge on any atom is 0.0627 e. The zero-order valence-corrected chi connectivity index (χ0v) is 9.75. The lowest BCUT2D eigenvalue weighted by Crippen LogP contribution is -2.41. The maximum atomic E-state index is 6.04. The highest BCUT2D eigenvalue weighted by Gasteiger charge is 2.34. The zero-order chi connectivity index (χ0) is 10.2. The first kappa shape index (κ1) is 10.4. The number of piperidine rings is 1. The molecule has 0 radical (unpaired) electrons. The van der Waals surface area contributed by atoms with Crippen LogP contribution in [0.15, 0.2) is 0 Å². The summed E-state index contributed by atoms with van der Waals surface area (Å²) in [4.78, 5) is 2.45. The number of rotatable bonds is 0. The third-order valence-electron chi connectivity index (χ3n) is 3.75. The number of hydrogen-bond acceptors (Lipinski definition) is 2. The van der Waals surface area contributed by atoms with Gasteiger partial charge in [0.1, 0.15) is 0 Å². The second-order valence-corrected chi connectivity index (χ2v) is 5.86. The summed E-state index contributed by atoms with van der Waals surface area (Å²) >= 11 is 0. The van der Waals surface area contributed by atoms with E-state index < -0.39 is 0 Å². The molecular weight excluding hydrogens is 174 g/mol. The Morgan fingerprint density at radius 2 is 2.07 bits per heavy atom. The predicted molar refractivity (Wildman–Crippen MR) is 58.4 cm³/mol. The number of ether oxygens (including phenoxy) is 1. The number of hydrogen-bond donors (Lipinski definition) is 0. The Morgan fingerprint density at radius 1 is 1.29 bits per heavy atom. The standard InChI is InChI=1S/C12H23NO/c1-12(2)6-4-10-8-13(3)7-5-11(10)14-9-12/h10-11H,4-9H2,1-3H3. The molecule has 0 N–H and O–H groups in total. The van der Waals surface area contributed by atoms with Crippen LogP contribution in [0.2, 0.25) is 0 Å². The van der Waals surface area contributed by atoms with Crippen molar-refractivity contribution in [1.29, 1.82) is 0 Å². The van der Waals surface area contributed by atoms with Gasteiger partial charge in [0.15, 0.2) is 0 Å². The van der Waals surface area contributed by atoms with Crippen LogP contribution in [0, 0.1) is 11.3 Å². The number of nitrogens with zero attached hydrogens (tertiary/aromatic N) is 1. The van der Waals surface area contributed by atoms with Gasteiger partial charge in [-0.1, -0.05) is 13.8 Å². The van der Waals surface area contributed by atoms with Crippen molar-refractivity contribution >= 4 is 0 Å². The Kier molecular flexibility index (Phi) is 2.85. The Labute approximate surface area is 87.6 Å². The summed E-state index contributed by atoms with van der Waals surface area (Å²) in [7, 11) is 2.23. The Bertz CT molecular complexity index is 202. The fourth-order valence-corrected chi connectivity index (χ4v) is 2.67. The zero-order valence-electron chi connectivity index (χ0n) is 9.75. The van der Waals surface area contributed by atoms with Gasteiger partial charge in [0.2, 0.25) is 0 Å². The van der Waals surface area contributed by atoms with Crippen LogP contribution in [-0.2, 0) is 4.74 Å². The summed E-state index contributed by atoms with van der Waals surface area (Å²) in [5, 5.41) is 0. The van der Waals surface area contributed by atoms with E-state index in [-0.39, 0.29) is 0 Å². The van der Waals surface area contributed by atoms with Crippen molar-refractivity contribution in [2.75, 3.05) is 26.7 Å². The molecule has 0 saturated carbocycles. The molecule has 2 atom stereocenters. The molecule has 2 unspecified atom stereocenters. The van der Waals surface area contributed by atoms with E-state index in [1.807, 2.05) is 0 Å². The summed E-state index contributed by atoms with van der Waals surface area (Å²) in [6.07, 6.45) is 4.45. The highest BCUT2D eigenvalue weighted by Crippen LogP contribution is 2.34. The molecule has 2 heteroatoms. The second kappa shape index (κ2) is 3.82. The Balaban J connectivity index is 1.99. The van der Waals surface area contributed by atoms with Crippen LogP contribution in [0.3, 0.4) is 0 Å². The summed E-state index contributed by atoms with van der Waals surface area (Å²) in [5.41, 5.74) is 0.399. The average molecular weight is 197 g/mol. The topological polar surface area (TPSA) is 12.5 Å². The number of fused-ring (bicyclic) bond motifs is 1. The molecule has 2 aliphatic heterocycles. The van der Waals surface area contributed by atoms with E-state index in [4.69, 9.17) is 4.74 Å². The first-order valence-electron chi connectivity index (χ1n) is 5.87. The van der Waals surface area contributed by atoms with Gasteiger partial charge in [-0.25, -0.2) is 0 Å². The average Bonchev–Trinajstić information content (AvgIpc) is 2.26. The van der Waals surface area contributed by atoms with E-state index in [9.17, 15) is 0 Å². The van der Waals surface area contributed by atoms with Gasteiger partial charge < -0.3 is 9.64 Å². The molecule has 2 saturated heterocycles. The highest BCUT2D eigenvalue weighted by atomic mass is 16.5. The molecule has 82 valence electrons. The highest BCUT2D eigenvalue weighted by molar-refractivity contribution is 4.85.